The topological polar surface area (TPSA) is 35.5 Å². The molecule has 3 nitrogen and oxygen atoms in total. The molecular weight excluding hydrogens is 312 g/mol. The van der Waals surface area contributed by atoms with Crippen molar-refractivity contribution >= 4 is 11.9 Å². The summed E-state index contributed by atoms with van der Waals surface area (Å²) in [6.45, 7) is 0. The molecular formula is C22H16O3. The summed E-state index contributed by atoms with van der Waals surface area (Å²) in [7, 11) is 1.59. The van der Waals surface area contributed by atoms with Crippen LogP contribution in [0, 0.1) is 0 Å². The molecule has 0 saturated carbocycles. The number of hydrogen-bond acceptors (Lipinski definition) is 3. The molecule has 3 aromatic carbocycles. The smallest absolute Gasteiger partial charge is 0.231 e. The van der Waals surface area contributed by atoms with Gasteiger partial charge in [0.15, 0.2) is 5.76 Å². The van der Waals surface area contributed by atoms with E-state index in [-0.39, 0.29) is 5.78 Å². The van der Waals surface area contributed by atoms with Crippen molar-refractivity contribution in [3.05, 3.63) is 89.7 Å². The highest BCUT2D eigenvalue weighted by molar-refractivity contribution is 6.14. The lowest BCUT2D eigenvalue weighted by Crippen LogP contribution is -1.97. The molecule has 1 aliphatic heterocycles. The monoisotopic (exact) mass is 328 g/mol. The third-order valence-corrected chi connectivity index (χ3v) is 4.19. The van der Waals surface area contributed by atoms with Crippen LogP contribution in [-0.4, -0.2) is 12.9 Å². The van der Waals surface area contributed by atoms with Crippen molar-refractivity contribution < 1.29 is 14.3 Å². The maximum absolute atomic E-state index is 12.5. The minimum atomic E-state index is -0.107. The van der Waals surface area contributed by atoms with E-state index >= 15 is 0 Å². The molecule has 0 atom stereocenters. The van der Waals surface area contributed by atoms with Gasteiger partial charge < -0.3 is 9.47 Å². The average molecular weight is 328 g/mol. The SMILES string of the molecule is COc1ccc2c(c1)OC(=Cc1ccc(-c3ccccc3)cc1)C2=O. The molecule has 1 aliphatic rings. The van der Waals surface area contributed by atoms with Crippen molar-refractivity contribution in [1.82, 2.24) is 0 Å². The molecule has 3 aromatic rings. The maximum atomic E-state index is 12.5. The van der Waals surface area contributed by atoms with Crippen LogP contribution >= 0.6 is 0 Å². The Kier molecular flexibility index (Phi) is 3.82. The number of rotatable bonds is 3. The third-order valence-electron chi connectivity index (χ3n) is 4.19. The Hall–Kier alpha value is -3.33. The summed E-state index contributed by atoms with van der Waals surface area (Å²) < 4.78 is 10.9. The fourth-order valence-corrected chi connectivity index (χ4v) is 2.85. The highest BCUT2D eigenvalue weighted by Gasteiger charge is 2.27. The zero-order valence-electron chi connectivity index (χ0n) is 13.7. The lowest BCUT2D eigenvalue weighted by atomic mass is 10.0. The standard InChI is InChI=1S/C22H16O3/c1-24-18-11-12-19-20(14-18)25-21(22(19)23)13-15-7-9-17(10-8-15)16-5-3-2-4-6-16/h2-14H,1H3. The van der Waals surface area contributed by atoms with E-state index in [0.29, 0.717) is 22.8 Å². The highest BCUT2D eigenvalue weighted by Crippen LogP contribution is 2.34. The quantitative estimate of drug-likeness (QED) is 0.636. The molecule has 0 bridgehead atoms. The number of fused-ring (bicyclic) bond motifs is 1. The summed E-state index contributed by atoms with van der Waals surface area (Å²) in [6.07, 6.45) is 1.77. The van der Waals surface area contributed by atoms with Crippen molar-refractivity contribution in [2.45, 2.75) is 0 Å². The number of ketones is 1. The fourth-order valence-electron chi connectivity index (χ4n) is 2.85. The zero-order valence-corrected chi connectivity index (χ0v) is 13.7. The number of ether oxygens (including phenoxy) is 2. The van der Waals surface area contributed by atoms with Crippen molar-refractivity contribution in [1.29, 1.82) is 0 Å². The van der Waals surface area contributed by atoms with Crippen molar-refractivity contribution in [3.63, 3.8) is 0 Å². The number of carbonyl (C=O) groups is 1. The van der Waals surface area contributed by atoms with Gasteiger partial charge in [-0.15, -0.1) is 0 Å². The molecule has 0 aliphatic carbocycles. The Morgan fingerprint density at radius 2 is 1.60 bits per heavy atom. The van der Waals surface area contributed by atoms with Crippen LogP contribution in [0.25, 0.3) is 17.2 Å². The Labute approximate surface area is 146 Å². The molecule has 0 N–H and O–H groups in total. The van der Waals surface area contributed by atoms with Gasteiger partial charge in [0.1, 0.15) is 11.5 Å². The minimum Gasteiger partial charge on any atom is -0.497 e. The van der Waals surface area contributed by atoms with E-state index in [1.165, 1.54) is 0 Å². The number of carbonyl (C=O) groups excluding carboxylic acids is 1. The molecule has 4 rings (SSSR count). The summed E-state index contributed by atoms with van der Waals surface area (Å²) in [4.78, 5) is 12.5. The van der Waals surface area contributed by atoms with E-state index in [9.17, 15) is 4.79 Å². The lowest BCUT2D eigenvalue weighted by molar-refractivity contribution is 0.101. The van der Waals surface area contributed by atoms with Crippen LogP contribution in [0.1, 0.15) is 15.9 Å². The van der Waals surface area contributed by atoms with Gasteiger partial charge in [-0.2, -0.15) is 0 Å². The number of methoxy groups -OCH3 is 1. The molecule has 0 spiro atoms. The van der Waals surface area contributed by atoms with Crippen LogP contribution in [0.4, 0.5) is 0 Å². The molecule has 0 saturated heterocycles. The summed E-state index contributed by atoms with van der Waals surface area (Å²) in [5.41, 5.74) is 3.78. The first-order valence-corrected chi connectivity index (χ1v) is 8.02. The van der Waals surface area contributed by atoms with Gasteiger partial charge >= 0.3 is 0 Å². The molecule has 0 fully saturated rings. The third kappa shape index (κ3) is 2.92. The summed E-state index contributed by atoms with van der Waals surface area (Å²) in [5.74, 6) is 1.43. The summed E-state index contributed by atoms with van der Waals surface area (Å²) >= 11 is 0. The van der Waals surface area contributed by atoms with E-state index < -0.39 is 0 Å². The second-order valence-corrected chi connectivity index (χ2v) is 5.79. The maximum Gasteiger partial charge on any atom is 0.231 e. The van der Waals surface area contributed by atoms with E-state index in [1.807, 2.05) is 42.5 Å². The normalized spacial score (nSPS) is 14.3. The minimum absolute atomic E-state index is 0.107. The Balaban J connectivity index is 1.60. The van der Waals surface area contributed by atoms with Gasteiger partial charge in [0.2, 0.25) is 5.78 Å². The molecule has 0 radical (unpaired) electrons. The van der Waals surface area contributed by atoms with Gasteiger partial charge in [0.25, 0.3) is 0 Å². The van der Waals surface area contributed by atoms with E-state index in [1.54, 1.807) is 31.4 Å². The van der Waals surface area contributed by atoms with Gasteiger partial charge in [-0.25, -0.2) is 0 Å². The number of hydrogen-bond donors (Lipinski definition) is 0. The zero-order chi connectivity index (χ0) is 17.2. The van der Waals surface area contributed by atoms with Crippen LogP contribution in [0.3, 0.4) is 0 Å². The van der Waals surface area contributed by atoms with Crippen LogP contribution in [-0.2, 0) is 0 Å². The van der Waals surface area contributed by atoms with E-state index in [0.717, 1.165) is 16.7 Å². The predicted octanol–water partition coefficient (Wildman–Crippen LogP) is 4.98. The Morgan fingerprint density at radius 1 is 0.880 bits per heavy atom. The predicted molar refractivity (Wildman–Crippen MR) is 97.8 cm³/mol. The van der Waals surface area contributed by atoms with Gasteiger partial charge in [-0.1, -0.05) is 54.6 Å². The van der Waals surface area contributed by atoms with Crippen molar-refractivity contribution in [3.8, 4) is 22.6 Å². The number of Topliss-reactive ketones (excluding diaryl/α,β-unsaturated/α-hetero) is 1. The Morgan fingerprint density at radius 3 is 2.32 bits per heavy atom. The molecule has 1 heterocycles. The molecule has 25 heavy (non-hydrogen) atoms. The van der Waals surface area contributed by atoms with Crippen LogP contribution in [0.5, 0.6) is 11.5 Å². The van der Waals surface area contributed by atoms with Gasteiger partial charge in [0, 0.05) is 6.07 Å². The van der Waals surface area contributed by atoms with Gasteiger partial charge in [-0.05, 0) is 34.9 Å². The van der Waals surface area contributed by atoms with E-state index in [2.05, 4.69) is 12.1 Å². The Bertz CT molecular complexity index is 954. The van der Waals surface area contributed by atoms with Crippen molar-refractivity contribution in [2.75, 3.05) is 7.11 Å². The van der Waals surface area contributed by atoms with Crippen LogP contribution in [0.15, 0.2) is 78.6 Å². The first-order valence-electron chi connectivity index (χ1n) is 8.02. The second-order valence-electron chi connectivity index (χ2n) is 5.79. The van der Waals surface area contributed by atoms with Crippen LogP contribution < -0.4 is 9.47 Å². The van der Waals surface area contributed by atoms with E-state index in [4.69, 9.17) is 9.47 Å². The molecule has 3 heteroatoms. The average Bonchev–Trinajstić information content (AvgIpc) is 2.98. The molecule has 0 aromatic heterocycles. The van der Waals surface area contributed by atoms with Crippen LogP contribution in [0.2, 0.25) is 0 Å². The fraction of sp³-hybridized carbons (Fsp3) is 0.0455. The van der Waals surface area contributed by atoms with Gasteiger partial charge in [-0.3, -0.25) is 4.79 Å². The summed E-state index contributed by atoms with van der Waals surface area (Å²) in [6, 6.07) is 23.4. The van der Waals surface area contributed by atoms with Crippen molar-refractivity contribution in [2.24, 2.45) is 0 Å². The summed E-state index contributed by atoms with van der Waals surface area (Å²) in [5, 5.41) is 0. The molecule has 0 unspecified atom stereocenters. The number of allylic oxidation sites excluding steroid dienone is 1. The largest absolute Gasteiger partial charge is 0.497 e. The first kappa shape index (κ1) is 15.2. The molecule has 122 valence electrons. The lowest BCUT2D eigenvalue weighted by Gasteiger charge is -2.03. The first-order chi connectivity index (χ1) is 12.2. The highest BCUT2D eigenvalue weighted by atomic mass is 16.5. The number of benzene rings is 3. The van der Waals surface area contributed by atoms with Gasteiger partial charge in [0.05, 0.1) is 12.7 Å². The second kappa shape index (κ2) is 6.29. The molecule has 0 amide bonds.